The first-order valence-corrected chi connectivity index (χ1v) is 9.95. The third-order valence-electron chi connectivity index (χ3n) is 4.11. The number of hydrogen-bond acceptors (Lipinski definition) is 5. The Kier molecular flexibility index (Phi) is 5.52. The molecule has 1 N–H and O–H groups in total. The van der Waals surface area contributed by atoms with Crippen LogP contribution in [0.4, 0.5) is 10.7 Å². The lowest BCUT2D eigenvalue weighted by Gasteiger charge is -2.33. The number of carbonyl (C=O) groups excluding carboxylic acids is 1. The van der Waals surface area contributed by atoms with Crippen molar-refractivity contribution in [1.29, 1.82) is 0 Å². The van der Waals surface area contributed by atoms with Crippen molar-refractivity contribution in [3.05, 3.63) is 36.7 Å². The van der Waals surface area contributed by atoms with E-state index < -0.39 is 10.0 Å². The Balaban J connectivity index is 1.57. The van der Waals surface area contributed by atoms with Gasteiger partial charge in [-0.25, -0.2) is 18.2 Å². The van der Waals surface area contributed by atoms with E-state index in [4.69, 9.17) is 0 Å². The highest BCUT2D eigenvalue weighted by molar-refractivity contribution is 7.89. The summed E-state index contributed by atoms with van der Waals surface area (Å²) in [7, 11) is -3.53. The highest BCUT2D eigenvalue weighted by Crippen LogP contribution is 2.17. The maximum Gasteiger partial charge on any atom is 0.324 e. The third-order valence-corrected chi connectivity index (χ3v) is 6.03. The largest absolute Gasteiger partial charge is 0.324 e. The van der Waals surface area contributed by atoms with Gasteiger partial charge in [0.25, 0.3) is 0 Å². The van der Waals surface area contributed by atoms with Crippen LogP contribution in [0, 0.1) is 0 Å². The SMILES string of the molecule is CCCn1cnc(NC(=O)N2CCN(S(=O)(=O)c3ccccc3)CC2)n1. The molecule has 1 aliphatic rings. The molecule has 26 heavy (non-hydrogen) atoms. The Hall–Kier alpha value is -2.46. The molecule has 0 bridgehead atoms. The lowest BCUT2D eigenvalue weighted by molar-refractivity contribution is 0.184. The smallest absolute Gasteiger partial charge is 0.322 e. The van der Waals surface area contributed by atoms with Crippen molar-refractivity contribution >= 4 is 22.0 Å². The molecule has 1 aliphatic heterocycles. The standard InChI is InChI=1S/C16H22N6O3S/c1-2-8-21-13-17-15(19-21)18-16(23)20-9-11-22(12-10-20)26(24,25)14-6-4-3-5-7-14/h3-7,13H,2,8-12H2,1H3,(H,18,19,23). The van der Waals surface area contributed by atoms with Crippen LogP contribution in [0.15, 0.2) is 41.6 Å². The summed E-state index contributed by atoms with van der Waals surface area (Å²) in [5.74, 6) is 0.253. The molecule has 0 unspecified atom stereocenters. The predicted molar refractivity (Wildman–Crippen MR) is 96.1 cm³/mol. The molecule has 2 heterocycles. The fraction of sp³-hybridized carbons (Fsp3) is 0.438. The van der Waals surface area contributed by atoms with Crippen molar-refractivity contribution in [3.63, 3.8) is 0 Å². The summed E-state index contributed by atoms with van der Waals surface area (Å²) in [5, 5.41) is 6.82. The van der Waals surface area contributed by atoms with E-state index in [1.165, 1.54) is 4.31 Å². The minimum Gasteiger partial charge on any atom is -0.322 e. The topological polar surface area (TPSA) is 100 Å². The van der Waals surface area contributed by atoms with Crippen LogP contribution in [-0.2, 0) is 16.6 Å². The molecule has 10 heteroatoms. The zero-order valence-electron chi connectivity index (χ0n) is 14.6. The summed E-state index contributed by atoms with van der Waals surface area (Å²) < 4.78 is 28.3. The van der Waals surface area contributed by atoms with Crippen LogP contribution in [0.1, 0.15) is 13.3 Å². The molecule has 3 rings (SSSR count). The Morgan fingerprint density at radius 1 is 1.15 bits per heavy atom. The first-order valence-electron chi connectivity index (χ1n) is 8.51. The fourth-order valence-corrected chi connectivity index (χ4v) is 4.18. The van der Waals surface area contributed by atoms with Gasteiger partial charge in [0, 0.05) is 32.7 Å². The van der Waals surface area contributed by atoms with E-state index in [1.54, 1.807) is 46.2 Å². The number of rotatable bonds is 5. The number of nitrogens with zero attached hydrogens (tertiary/aromatic N) is 5. The van der Waals surface area contributed by atoms with Crippen LogP contribution in [0.2, 0.25) is 0 Å². The summed E-state index contributed by atoms with van der Waals surface area (Å²) in [5.41, 5.74) is 0. The number of aryl methyl sites for hydroxylation is 1. The van der Waals surface area contributed by atoms with E-state index in [-0.39, 0.29) is 30.0 Å². The van der Waals surface area contributed by atoms with Gasteiger partial charge in [0.1, 0.15) is 6.33 Å². The summed E-state index contributed by atoms with van der Waals surface area (Å²) in [6.07, 6.45) is 2.50. The second kappa shape index (κ2) is 7.83. The van der Waals surface area contributed by atoms with E-state index in [2.05, 4.69) is 15.4 Å². The lowest BCUT2D eigenvalue weighted by Crippen LogP contribution is -2.51. The number of benzene rings is 1. The molecule has 0 radical (unpaired) electrons. The molecular formula is C16H22N6O3S. The van der Waals surface area contributed by atoms with Crippen molar-refractivity contribution in [3.8, 4) is 0 Å². The second-order valence-electron chi connectivity index (χ2n) is 5.97. The molecule has 0 saturated carbocycles. The maximum atomic E-state index is 12.6. The zero-order valence-corrected chi connectivity index (χ0v) is 15.4. The quantitative estimate of drug-likeness (QED) is 0.843. The highest BCUT2D eigenvalue weighted by Gasteiger charge is 2.30. The number of nitrogens with one attached hydrogen (secondary N) is 1. The zero-order chi connectivity index (χ0) is 18.6. The summed E-state index contributed by atoms with van der Waals surface area (Å²) in [4.78, 5) is 18.2. The van der Waals surface area contributed by atoms with E-state index >= 15 is 0 Å². The molecule has 1 aromatic heterocycles. The summed E-state index contributed by atoms with van der Waals surface area (Å²) >= 11 is 0. The molecule has 0 atom stereocenters. The first kappa shape index (κ1) is 18.3. The number of hydrogen-bond donors (Lipinski definition) is 1. The minimum absolute atomic E-state index is 0.252. The van der Waals surface area contributed by atoms with Gasteiger partial charge >= 0.3 is 6.03 Å². The van der Waals surface area contributed by atoms with Gasteiger partial charge in [-0.1, -0.05) is 25.1 Å². The fourth-order valence-electron chi connectivity index (χ4n) is 2.74. The van der Waals surface area contributed by atoms with E-state index in [1.807, 2.05) is 6.92 Å². The molecule has 0 spiro atoms. The third kappa shape index (κ3) is 4.02. The number of anilines is 1. The molecular weight excluding hydrogens is 356 g/mol. The number of aromatic nitrogens is 3. The van der Waals surface area contributed by atoms with Crippen molar-refractivity contribution in [1.82, 2.24) is 24.0 Å². The van der Waals surface area contributed by atoms with Crippen LogP contribution in [0.25, 0.3) is 0 Å². The van der Waals surface area contributed by atoms with Gasteiger partial charge in [-0.2, -0.15) is 4.31 Å². The Labute approximate surface area is 152 Å². The van der Waals surface area contributed by atoms with E-state index in [0.717, 1.165) is 13.0 Å². The van der Waals surface area contributed by atoms with Gasteiger partial charge in [0.05, 0.1) is 4.90 Å². The highest BCUT2D eigenvalue weighted by atomic mass is 32.2. The average Bonchev–Trinajstić information content (AvgIpc) is 3.10. The van der Waals surface area contributed by atoms with E-state index in [0.29, 0.717) is 13.1 Å². The minimum atomic E-state index is -3.53. The lowest BCUT2D eigenvalue weighted by atomic mass is 10.4. The Bertz CT molecular complexity index is 844. The molecule has 2 amide bonds. The van der Waals surface area contributed by atoms with Crippen molar-refractivity contribution < 1.29 is 13.2 Å². The maximum absolute atomic E-state index is 12.6. The van der Waals surface area contributed by atoms with Gasteiger partial charge in [0.2, 0.25) is 16.0 Å². The molecule has 140 valence electrons. The monoisotopic (exact) mass is 378 g/mol. The molecule has 1 fully saturated rings. The van der Waals surface area contributed by atoms with Gasteiger partial charge in [-0.15, -0.1) is 5.10 Å². The van der Waals surface area contributed by atoms with Crippen LogP contribution in [0.3, 0.4) is 0 Å². The Morgan fingerprint density at radius 3 is 2.50 bits per heavy atom. The van der Waals surface area contributed by atoms with E-state index in [9.17, 15) is 13.2 Å². The van der Waals surface area contributed by atoms with Gasteiger partial charge in [-0.3, -0.25) is 10.00 Å². The van der Waals surface area contributed by atoms with Crippen LogP contribution < -0.4 is 5.32 Å². The molecule has 9 nitrogen and oxygen atoms in total. The van der Waals surface area contributed by atoms with Crippen LogP contribution >= 0.6 is 0 Å². The molecule has 1 aromatic carbocycles. The van der Waals surface area contributed by atoms with Crippen LogP contribution in [-0.4, -0.2) is 64.6 Å². The first-order chi connectivity index (χ1) is 12.5. The summed E-state index contributed by atoms with van der Waals surface area (Å²) in [6, 6.07) is 8.00. The predicted octanol–water partition coefficient (Wildman–Crippen LogP) is 1.23. The van der Waals surface area contributed by atoms with Gasteiger partial charge in [-0.05, 0) is 18.6 Å². The number of piperazine rings is 1. The molecule has 1 saturated heterocycles. The van der Waals surface area contributed by atoms with Crippen molar-refractivity contribution in [2.75, 3.05) is 31.5 Å². The van der Waals surface area contributed by atoms with Gasteiger partial charge < -0.3 is 4.90 Å². The number of urea groups is 1. The number of carbonyl (C=O) groups is 1. The van der Waals surface area contributed by atoms with Gasteiger partial charge in [0.15, 0.2) is 0 Å². The Morgan fingerprint density at radius 2 is 1.85 bits per heavy atom. The molecule has 2 aromatic rings. The average molecular weight is 378 g/mol. The van der Waals surface area contributed by atoms with Crippen molar-refractivity contribution in [2.45, 2.75) is 24.8 Å². The van der Waals surface area contributed by atoms with Crippen LogP contribution in [0.5, 0.6) is 0 Å². The second-order valence-corrected chi connectivity index (χ2v) is 7.90. The molecule has 0 aliphatic carbocycles. The number of sulfonamides is 1. The van der Waals surface area contributed by atoms with Crippen molar-refractivity contribution in [2.24, 2.45) is 0 Å². The normalized spacial score (nSPS) is 15.8. The number of amides is 2. The summed E-state index contributed by atoms with van der Waals surface area (Å²) in [6.45, 7) is 3.90.